The van der Waals surface area contributed by atoms with Crippen LogP contribution in [-0.2, 0) is 6.54 Å². The maximum Gasteiger partial charge on any atom is 0.267 e. The number of aromatic nitrogens is 2. The minimum absolute atomic E-state index is 0.232. The molecule has 140 valence electrons. The van der Waals surface area contributed by atoms with E-state index in [1.165, 1.54) is 23.3 Å². The summed E-state index contributed by atoms with van der Waals surface area (Å²) in [6.07, 6.45) is 2.04. The summed E-state index contributed by atoms with van der Waals surface area (Å²) < 4.78 is 20.8. The number of ether oxygens (including phenoxy) is 1. The highest BCUT2D eigenvalue weighted by Crippen LogP contribution is 2.27. The smallest absolute Gasteiger partial charge is 0.267 e. The molecule has 0 saturated heterocycles. The maximum absolute atomic E-state index is 13.3. The van der Waals surface area contributed by atoms with Gasteiger partial charge in [-0.25, -0.2) is 4.39 Å². The van der Waals surface area contributed by atoms with Crippen LogP contribution in [0.3, 0.4) is 0 Å². The van der Waals surface area contributed by atoms with E-state index in [4.69, 9.17) is 9.84 Å². The Balaban J connectivity index is 2.05. The van der Waals surface area contributed by atoms with Gasteiger partial charge in [0.05, 0.1) is 7.11 Å². The molecule has 0 atom stereocenters. The van der Waals surface area contributed by atoms with Crippen molar-refractivity contribution in [2.24, 2.45) is 0 Å². The molecule has 0 spiro atoms. The Bertz CT molecular complexity index is 971. The number of thioether (sulfide) groups is 1. The number of halogens is 1. The highest BCUT2D eigenvalue weighted by Gasteiger charge is 2.21. The number of nitrogens with zero attached hydrogens (tertiary/aromatic N) is 2. The highest BCUT2D eigenvalue weighted by molar-refractivity contribution is 7.98. The molecule has 0 aliphatic carbocycles. The third-order valence-electron chi connectivity index (χ3n) is 4.86. The van der Waals surface area contributed by atoms with Crippen LogP contribution < -0.4 is 9.42 Å². The summed E-state index contributed by atoms with van der Waals surface area (Å²) in [6.45, 7) is 6.86. The lowest BCUT2D eigenvalue weighted by molar-refractivity contribution is -0.780. The first-order chi connectivity index (χ1) is 12.9. The van der Waals surface area contributed by atoms with Crippen LogP contribution in [0, 0.1) is 26.6 Å². The molecule has 5 heteroatoms. The van der Waals surface area contributed by atoms with E-state index in [0.717, 1.165) is 33.2 Å². The predicted octanol–water partition coefficient (Wildman–Crippen LogP) is 4.88. The van der Waals surface area contributed by atoms with E-state index in [0.29, 0.717) is 6.54 Å². The number of hydrogen-bond acceptors (Lipinski definition) is 3. The summed E-state index contributed by atoms with van der Waals surface area (Å²) in [6, 6.07) is 12.8. The van der Waals surface area contributed by atoms with Crippen LogP contribution in [0.25, 0.3) is 11.1 Å². The van der Waals surface area contributed by atoms with Crippen LogP contribution in [0.15, 0.2) is 47.5 Å². The SMILES string of the molecule is COc1ccc(C)c(C[n+]2nc(C)c(-c3ccc(F)cc3)cc2SC)c1C. The van der Waals surface area contributed by atoms with Gasteiger partial charge >= 0.3 is 0 Å². The fourth-order valence-corrected chi connectivity index (χ4v) is 3.82. The van der Waals surface area contributed by atoms with Crippen molar-refractivity contribution < 1.29 is 13.8 Å². The highest BCUT2D eigenvalue weighted by atomic mass is 32.2. The molecule has 0 radical (unpaired) electrons. The zero-order valence-corrected chi connectivity index (χ0v) is 17.2. The molecular weight excluding hydrogens is 359 g/mol. The number of rotatable bonds is 5. The van der Waals surface area contributed by atoms with Crippen LogP contribution in [0.2, 0.25) is 0 Å². The quantitative estimate of drug-likeness (QED) is 0.464. The average molecular weight is 384 g/mol. The molecule has 2 aromatic carbocycles. The summed E-state index contributed by atoms with van der Waals surface area (Å²) in [4.78, 5) is 0. The molecule has 0 saturated carbocycles. The summed E-state index contributed by atoms with van der Waals surface area (Å²) in [5.41, 5.74) is 6.48. The van der Waals surface area contributed by atoms with E-state index in [9.17, 15) is 4.39 Å². The van der Waals surface area contributed by atoms with Crippen molar-refractivity contribution in [3.8, 4) is 16.9 Å². The van der Waals surface area contributed by atoms with Crippen LogP contribution in [0.1, 0.15) is 22.4 Å². The molecule has 1 aromatic heterocycles. The van der Waals surface area contributed by atoms with Crippen molar-refractivity contribution in [3.05, 3.63) is 70.7 Å². The number of benzene rings is 2. The van der Waals surface area contributed by atoms with Gasteiger partial charge in [0.1, 0.15) is 17.3 Å². The number of hydrogen-bond donors (Lipinski definition) is 0. The van der Waals surface area contributed by atoms with Crippen molar-refractivity contribution in [3.63, 3.8) is 0 Å². The predicted molar refractivity (Wildman–Crippen MR) is 108 cm³/mol. The lowest BCUT2D eigenvalue weighted by Gasteiger charge is -2.12. The molecule has 0 unspecified atom stereocenters. The van der Waals surface area contributed by atoms with Crippen molar-refractivity contribution in [1.29, 1.82) is 0 Å². The van der Waals surface area contributed by atoms with Crippen LogP contribution in [-0.4, -0.2) is 18.5 Å². The average Bonchev–Trinajstić information content (AvgIpc) is 2.66. The third-order valence-corrected chi connectivity index (χ3v) is 5.60. The number of aryl methyl sites for hydroxylation is 2. The largest absolute Gasteiger partial charge is 0.496 e. The van der Waals surface area contributed by atoms with Gasteiger partial charge in [-0.15, -0.1) is 0 Å². The van der Waals surface area contributed by atoms with E-state index in [1.54, 1.807) is 31.0 Å². The van der Waals surface area contributed by atoms with Gasteiger partial charge in [-0.1, -0.05) is 34.6 Å². The third kappa shape index (κ3) is 3.98. The molecule has 3 nitrogen and oxygen atoms in total. The summed E-state index contributed by atoms with van der Waals surface area (Å²) in [7, 11) is 1.70. The van der Waals surface area contributed by atoms with E-state index < -0.39 is 0 Å². The molecule has 27 heavy (non-hydrogen) atoms. The van der Waals surface area contributed by atoms with Gasteiger partial charge in [0.25, 0.3) is 5.03 Å². The molecule has 0 bridgehead atoms. The molecule has 3 rings (SSSR count). The standard InChI is InChI=1S/C22H24FN2OS/c1-14-6-11-21(26-4)15(2)20(14)13-25-22(27-5)12-19(16(3)24-25)17-7-9-18(23)10-8-17/h6-12H,13H2,1-5H3/q+1. The first-order valence-corrected chi connectivity index (χ1v) is 10.0. The molecule has 1 heterocycles. The van der Waals surface area contributed by atoms with Crippen LogP contribution >= 0.6 is 11.8 Å². The first-order valence-electron chi connectivity index (χ1n) is 8.79. The Morgan fingerprint density at radius 1 is 1.07 bits per heavy atom. The van der Waals surface area contributed by atoms with Crippen molar-refractivity contribution in [2.75, 3.05) is 13.4 Å². The normalized spacial score (nSPS) is 10.9. The van der Waals surface area contributed by atoms with Crippen molar-refractivity contribution in [1.82, 2.24) is 5.10 Å². The Morgan fingerprint density at radius 2 is 1.78 bits per heavy atom. The summed E-state index contributed by atoms with van der Waals surface area (Å²) in [5, 5.41) is 5.89. The second kappa shape index (κ2) is 8.09. The summed E-state index contributed by atoms with van der Waals surface area (Å²) in [5.74, 6) is 0.658. The van der Waals surface area contributed by atoms with Crippen LogP contribution in [0.5, 0.6) is 5.75 Å². The lowest BCUT2D eigenvalue weighted by Crippen LogP contribution is -2.42. The van der Waals surface area contributed by atoms with E-state index in [2.05, 4.69) is 26.0 Å². The molecule has 0 aliphatic heterocycles. The lowest BCUT2D eigenvalue weighted by atomic mass is 10.0. The molecular formula is C22H24FN2OS+. The monoisotopic (exact) mass is 383 g/mol. The second-order valence-corrected chi connectivity index (χ2v) is 7.37. The van der Waals surface area contributed by atoms with Gasteiger partial charge in [-0.2, -0.15) is 0 Å². The minimum Gasteiger partial charge on any atom is -0.496 e. The molecule has 0 fully saturated rings. The van der Waals surface area contributed by atoms with Gasteiger partial charge in [0.2, 0.25) is 6.54 Å². The van der Waals surface area contributed by atoms with Crippen molar-refractivity contribution >= 4 is 11.8 Å². The number of methoxy groups -OCH3 is 1. The zero-order chi connectivity index (χ0) is 19.6. The molecule has 3 aromatic rings. The van der Waals surface area contributed by atoms with Crippen LogP contribution in [0.4, 0.5) is 4.39 Å². The van der Waals surface area contributed by atoms with Gasteiger partial charge in [0, 0.05) is 22.8 Å². The van der Waals surface area contributed by atoms with E-state index >= 15 is 0 Å². The van der Waals surface area contributed by atoms with E-state index in [1.807, 2.05) is 23.9 Å². The van der Waals surface area contributed by atoms with Gasteiger partial charge in [0.15, 0.2) is 0 Å². The minimum atomic E-state index is -0.232. The zero-order valence-electron chi connectivity index (χ0n) is 16.3. The molecule has 0 N–H and O–H groups in total. The molecule has 0 amide bonds. The fourth-order valence-electron chi connectivity index (χ4n) is 3.27. The summed E-state index contributed by atoms with van der Waals surface area (Å²) >= 11 is 1.65. The Hall–Kier alpha value is -2.40. The molecule has 0 aliphatic rings. The Kier molecular flexibility index (Phi) is 5.80. The Labute approximate surface area is 164 Å². The van der Waals surface area contributed by atoms with Crippen molar-refractivity contribution in [2.45, 2.75) is 32.3 Å². The van der Waals surface area contributed by atoms with E-state index in [-0.39, 0.29) is 5.82 Å². The topological polar surface area (TPSA) is 26.0 Å². The van der Waals surface area contributed by atoms with Gasteiger partial charge in [-0.05, 0) is 61.5 Å². The first kappa shape index (κ1) is 19.4. The second-order valence-electron chi connectivity index (χ2n) is 6.54. The Morgan fingerprint density at radius 3 is 2.41 bits per heavy atom. The maximum atomic E-state index is 13.3. The fraction of sp³-hybridized carbons (Fsp3) is 0.273. The van der Waals surface area contributed by atoms with Gasteiger partial charge in [-0.3, -0.25) is 0 Å². The van der Waals surface area contributed by atoms with Gasteiger partial charge < -0.3 is 4.74 Å².